The van der Waals surface area contributed by atoms with Gasteiger partial charge in [0, 0.05) is 12.0 Å². The Kier molecular flexibility index (Phi) is 4.14. The highest BCUT2D eigenvalue weighted by Crippen LogP contribution is 2.11. The molecule has 0 aromatic rings. The average molecular weight is 154 g/mol. The zero-order valence-corrected chi connectivity index (χ0v) is 5.93. The van der Waals surface area contributed by atoms with Crippen LogP contribution in [-0.4, -0.2) is 31.0 Å². The topological polar surface area (TPSA) is 55.5 Å². The molecule has 3 nitrogen and oxygen atoms in total. The Balaban J connectivity index is 0.000000640. The first-order valence-electron chi connectivity index (χ1n) is 2.78. The Labute approximate surface area is 60.6 Å². The second-order valence-electron chi connectivity index (χ2n) is 2.14. The van der Waals surface area contributed by atoms with Gasteiger partial charge in [0.2, 0.25) is 0 Å². The molecule has 0 saturated carbocycles. The van der Waals surface area contributed by atoms with Crippen molar-refractivity contribution in [1.29, 1.82) is 0 Å². The molecule has 1 atom stereocenters. The van der Waals surface area contributed by atoms with Crippen LogP contribution in [0.3, 0.4) is 0 Å². The van der Waals surface area contributed by atoms with E-state index in [0.717, 1.165) is 13.2 Å². The molecule has 0 bridgehead atoms. The molecule has 0 aliphatic carbocycles. The second kappa shape index (κ2) is 4.06. The van der Waals surface area contributed by atoms with Gasteiger partial charge in [-0.3, -0.25) is 0 Å². The summed E-state index contributed by atoms with van der Waals surface area (Å²) in [7, 11) is 0. The van der Waals surface area contributed by atoms with Crippen molar-refractivity contribution < 1.29 is 9.84 Å². The van der Waals surface area contributed by atoms with E-state index in [2.05, 4.69) is 0 Å². The summed E-state index contributed by atoms with van der Waals surface area (Å²) >= 11 is 0. The Morgan fingerprint density at radius 3 is 2.33 bits per heavy atom. The first-order chi connectivity index (χ1) is 3.84. The normalized spacial score (nSPS) is 22.0. The number of halogens is 1. The third kappa shape index (κ3) is 2.10. The van der Waals surface area contributed by atoms with Gasteiger partial charge in [-0.25, -0.2) is 0 Å². The van der Waals surface area contributed by atoms with Crippen molar-refractivity contribution in [2.45, 2.75) is 6.04 Å². The summed E-state index contributed by atoms with van der Waals surface area (Å²) in [5.41, 5.74) is 5.45. The van der Waals surface area contributed by atoms with Crippen molar-refractivity contribution in [3.05, 3.63) is 0 Å². The molecule has 0 spiro atoms. The smallest absolute Gasteiger partial charge is 0.0587 e. The molecule has 1 saturated heterocycles. The molecule has 0 amide bonds. The predicted octanol–water partition coefficient (Wildman–Crippen LogP) is -0.626. The molecule has 9 heavy (non-hydrogen) atoms. The fraction of sp³-hybridized carbons (Fsp3) is 1.00. The van der Waals surface area contributed by atoms with Gasteiger partial charge in [0.05, 0.1) is 19.8 Å². The predicted molar refractivity (Wildman–Crippen MR) is 36.6 cm³/mol. The van der Waals surface area contributed by atoms with E-state index in [4.69, 9.17) is 15.6 Å². The maximum Gasteiger partial charge on any atom is 0.0587 e. The van der Waals surface area contributed by atoms with Crippen molar-refractivity contribution in [3.8, 4) is 0 Å². The Bertz CT molecular complexity index is 74.6. The van der Waals surface area contributed by atoms with Crippen LogP contribution in [0.4, 0.5) is 0 Å². The van der Waals surface area contributed by atoms with Crippen LogP contribution in [0.25, 0.3) is 0 Å². The Morgan fingerprint density at radius 1 is 1.67 bits per heavy atom. The Hall–Kier alpha value is 0.170. The van der Waals surface area contributed by atoms with Gasteiger partial charge in [-0.15, -0.1) is 12.4 Å². The molecule has 1 aliphatic heterocycles. The Morgan fingerprint density at radius 2 is 2.22 bits per heavy atom. The maximum atomic E-state index is 8.49. The molecule has 1 fully saturated rings. The third-order valence-electron chi connectivity index (χ3n) is 1.48. The van der Waals surface area contributed by atoms with Gasteiger partial charge >= 0.3 is 0 Å². The van der Waals surface area contributed by atoms with Crippen LogP contribution in [0.1, 0.15) is 0 Å². The molecular formula is C5H12ClNO2. The molecule has 0 aromatic heterocycles. The van der Waals surface area contributed by atoms with Crippen molar-refractivity contribution in [2.24, 2.45) is 11.7 Å². The van der Waals surface area contributed by atoms with Crippen molar-refractivity contribution in [3.63, 3.8) is 0 Å². The SMILES string of the molecule is Cl.N[C@H](CO)C1COC1. The van der Waals surface area contributed by atoms with Gasteiger partial charge in [0.25, 0.3) is 0 Å². The second-order valence-corrected chi connectivity index (χ2v) is 2.14. The summed E-state index contributed by atoms with van der Waals surface area (Å²) in [5, 5.41) is 8.49. The quantitative estimate of drug-likeness (QED) is 0.556. The number of aliphatic hydroxyl groups excluding tert-OH is 1. The largest absolute Gasteiger partial charge is 0.395 e. The van der Waals surface area contributed by atoms with Crippen molar-refractivity contribution in [1.82, 2.24) is 0 Å². The number of aliphatic hydroxyl groups is 1. The molecule has 1 heterocycles. The van der Waals surface area contributed by atoms with E-state index in [0.29, 0.717) is 5.92 Å². The minimum atomic E-state index is -0.0660. The molecule has 56 valence electrons. The van der Waals surface area contributed by atoms with Gasteiger partial charge < -0.3 is 15.6 Å². The zero-order chi connectivity index (χ0) is 5.98. The van der Waals surface area contributed by atoms with Crippen molar-refractivity contribution in [2.75, 3.05) is 19.8 Å². The number of rotatable bonds is 2. The zero-order valence-electron chi connectivity index (χ0n) is 5.12. The van der Waals surface area contributed by atoms with E-state index in [-0.39, 0.29) is 25.1 Å². The number of ether oxygens (including phenoxy) is 1. The van der Waals surface area contributed by atoms with Crippen molar-refractivity contribution >= 4 is 12.4 Å². The lowest BCUT2D eigenvalue weighted by molar-refractivity contribution is -0.0508. The molecule has 0 aromatic carbocycles. The van der Waals surface area contributed by atoms with Gasteiger partial charge in [0.15, 0.2) is 0 Å². The standard InChI is InChI=1S/C5H11NO2.ClH/c6-5(1-7)4-2-8-3-4;/h4-5,7H,1-3,6H2;1H/t5-;/m1./s1. The minimum Gasteiger partial charge on any atom is -0.395 e. The van der Waals surface area contributed by atoms with E-state index in [9.17, 15) is 0 Å². The van der Waals surface area contributed by atoms with E-state index in [1.165, 1.54) is 0 Å². The highest BCUT2D eigenvalue weighted by molar-refractivity contribution is 5.85. The molecule has 0 unspecified atom stereocenters. The maximum absolute atomic E-state index is 8.49. The monoisotopic (exact) mass is 153 g/mol. The van der Waals surface area contributed by atoms with Crippen LogP contribution in [0.5, 0.6) is 0 Å². The summed E-state index contributed by atoms with van der Waals surface area (Å²) < 4.78 is 4.87. The first-order valence-corrected chi connectivity index (χ1v) is 2.78. The molecule has 1 aliphatic rings. The van der Waals surface area contributed by atoms with E-state index in [1.807, 2.05) is 0 Å². The van der Waals surface area contributed by atoms with Crippen LogP contribution >= 0.6 is 12.4 Å². The van der Waals surface area contributed by atoms with E-state index >= 15 is 0 Å². The fourth-order valence-corrected chi connectivity index (χ4v) is 0.650. The molecule has 3 N–H and O–H groups in total. The number of hydrogen-bond donors (Lipinski definition) is 2. The lowest BCUT2D eigenvalue weighted by Crippen LogP contribution is -2.45. The van der Waals surface area contributed by atoms with Crippen LogP contribution in [0.15, 0.2) is 0 Å². The molecule has 1 rings (SSSR count). The van der Waals surface area contributed by atoms with Gasteiger partial charge in [-0.05, 0) is 0 Å². The number of nitrogens with two attached hydrogens (primary N) is 1. The lowest BCUT2D eigenvalue weighted by atomic mass is 10.0. The molecule has 4 heteroatoms. The summed E-state index contributed by atoms with van der Waals surface area (Å²) in [5.74, 6) is 0.403. The van der Waals surface area contributed by atoms with Gasteiger partial charge in [0.1, 0.15) is 0 Å². The minimum absolute atomic E-state index is 0. The number of hydrogen-bond acceptors (Lipinski definition) is 3. The van der Waals surface area contributed by atoms with Gasteiger partial charge in [-0.1, -0.05) is 0 Å². The van der Waals surface area contributed by atoms with Crippen LogP contribution < -0.4 is 5.73 Å². The summed E-state index contributed by atoms with van der Waals surface area (Å²) in [6, 6.07) is -0.0660. The third-order valence-corrected chi connectivity index (χ3v) is 1.48. The summed E-state index contributed by atoms with van der Waals surface area (Å²) in [6.45, 7) is 1.53. The van der Waals surface area contributed by atoms with Crippen LogP contribution in [-0.2, 0) is 4.74 Å². The highest BCUT2D eigenvalue weighted by atomic mass is 35.5. The average Bonchev–Trinajstić information content (AvgIpc) is 1.62. The van der Waals surface area contributed by atoms with Crippen LogP contribution in [0, 0.1) is 5.92 Å². The van der Waals surface area contributed by atoms with Gasteiger partial charge in [-0.2, -0.15) is 0 Å². The lowest BCUT2D eigenvalue weighted by Gasteiger charge is -2.29. The summed E-state index contributed by atoms with van der Waals surface area (Å²) in [6.07, 6.45) is 0. The van der Waals surface area contributed by atoms with Crippen LogP contribution in [0.2, 0.25) is 0 Å². The summed E-state index contributed by atoms with van der Waals surface area (Å²) in [4.78, 5) is 0. The molecular weight excluding hydrogens is 142 g/mol. The molecule has 0 radical (unpaired) electrons. The van der Waals surface area contributed by atoms with E-state index in [1.54, 1.807) is 0 Å². The highest BCUT2D eigenvalue weighted by Gasteiger charge is 2.24. The first kappa shape index (κ1) is 9.17. The fourth-order valence-electron chi connectivity index (χ4n) is 0.650. The van der Waals surface area contributed by atoms with E-state index < -0.39 is 0 Å².